The van der Waals surface area contributed by atoms with Gasteiger partial charge in [0.25, 0.3) is 0 Å². The molecule has 0 saturated carbocycles. The molecule has 0 aliphatic rings. The average Bonchev–Trinajstić information content (AvgIpc) is 2.68. The number of rotatable bonds is 5. The van der Waals surface area contributed by atoms with E-state index in [4.69, 9.17) is 9.84 Å². The number of benzene rings is 3. The first kappa shape index (κ1) is 26.4. The van der Waals surface area contributed by atoms with E-state index >= 15 is 0 Å². The third kappa shape index (κ3) is 6.82. The summed E-state index contributed by atoms with van der Waals surface area (Å²) in [5.74, 6) is -1.24. The molecule has 0 atom stereocenters. The zero-order valence-electron chi connectivity index (χ0n) is 18.6. The average molecular weight is 487 g/mol. The highest BCUT2D eigenvalue weighted by Crippen LogP contribution is 2.40. The quantitative estimate of drug-likeness (QED) is 0.234. The van der Waals surface area contributed by atoms with E-state index in [1.807, 2.05) is 0 Å². The molecule has 0 aliphatic heterocycles. The fourth-order valence-electron chi connectivity index (χ4n) is 2.97. The van der Waals surface area contributed by atoms with Crippen LogP contribution in [0.15, 0.2) is 48.5 Å². The van der Waals surface area contributed by atoms with E-state index in [0.29, 0.717) is 16.2 Å². The lowest BCUT2D eigenvalue weighted by Crippen LogP contribution is -2.28. The first-order valence-electron chi connectivity index (χ1n) is 9.96. The summed E-state index contributed by atoms with van der Waals surface area (Å²) < 4.78 is 71.7. The summed E-state index contributed by atoms with van der Waals surface area (Å²) in [6, 6.07) is 13.0. The second-order valence-electron chi connectivity index (χ2n) is 8.03. The minimum Gasteiger partial charge on any atom is -0.466 e. The zero-order chi connectivity index (χ0) is 25.0. The highest BCUT2D eigenvalue weighted by atomic mass is 32.2. The molecule has 3 aromatic carbocycles. The van der Waals surface area contributed by atoms with Crippen LogP contribution in [0.1, 0.15) is 33.3 Å². The first-order valence-corrected chi connectivity index (χ1v) is 11.4. The first-order chi connectivity index (χ1) is 15.2. The van der Waals surface area contributed by atoms with Gasteiger partial charge in [0.05, 0.1) is 18.6 Å². The van der Waals surface area contributed by atoms with Crippen molar-refractivity contribution >= 4 is 37.6 Å². The number of alkyl halides is 3. The standard InChI is InChI=1S/C19H15F3O5S.C4H10O/c1-2-26-17(23)11-16-14-9-4-3-7-12(14)13-8-5-6-10-15(13)18(16)27-28(24,25)19(20,21)22;1-4(2,3)5/h3-10H,2,11H2,1H3;5H,1-3H3. The molecule has 33 heavy (non-hydrogen) atoms. The van der Waals surface area contributed by atoms with Crippen LogP contribution >= 0.6 is 0 Å². The fraction of sp³-hybridized carbons (Fsp3) is 0.348. The van der Waals surface area contributed by atoms with Crippen LogP contribution in [0.25, 0.3) is 21.5 Å². The third-order valence-electron chi connectivity index (χ3n) is 4.09. The van der Waals surface area contributed by atoms with Crippen LogP contribution in [0.4, 0.5) is 13.2 Å². The number of carbonyl (C=O) groups is 1. The van der Waals surface area contributed by atoms with Crippen LogP contribution in [-0.4, -0.2) is 37.2 Å². The second-order valence-corrected chi connectivity index (χ2v) is 9.57. The van der Waals surface area contributed by atoms with E-state index in [9.17, 15) is 26.4 Å². The van der Waals surface area contributed by atoms with Crippen molar-refractivity contribution in [2.75, 3.05) is 6.61 Å². The van der Waals surface area contributed by atoms with Crippen LogP contribution in [0.3, 0.4) is 0 Å². The summed E-state index contributed by atoms with van der Waals surface area (Å²) in [6.07, 6.45) is -0.443. The van der Waals surface area contributed by atoms with Gasteiger partial charge in [-0.1, -0.05) is 48.5 Å². The maximum atomic E-state index is 12.9. The van der Waals surface area contributed by atoms with E-state index in [1.54, 1.807) is 64.1 Å². The number of fused-ring (bicyclic) bond motifs is 3. The fourth-order valence-corrected chi connectivity index (χ4v) is 3.47. The van der Waals surface area contributed by atoms with Gasteiger partial charge in [0.1, 0.15) is 0 Å². The molecule has 3 aromatic rings. The monoisotopic (exact) mass is 486 g/mol. The molecular weight excluding hydrogens is 461 g/mol. The third-order valence-corrected chi connectivity index (χ3v) is 5.04. The maximum Gasteiger partial charge on any atom is 0.534 e. The summed E-state index contributed by atoms with van der Waals surface area (Å²) in [7, 11) is -5.93. The summed E-state index contributed by atoms with van der Waals surface area (Å²) in [6.45, 7) is 6.89. The second kappa shape index (κ2) is 9.96. The van der Waals surface area contributed by atoms with E-state index in [-0.39, 0.29) is 17.6 Å². The van der Waals surface area contributed by atoms with Gasteiger partial charge in [0.15, 0.2) is 5.75 Å². The summed E-state index contributed by atoms with van der Waals surface area (Å²) in [5, 5.41) is 10.2. The van der Waals surface area contributed by atoms with Crippen LogP contribution in [0.2, 0.25) is 0 Å². The van der Waals surface area contributed by atoms with Crippen molar-refractivity contribution in [1.82, 2.24) is 0 Å². The number of hydrogen-bond donors (Lipinski definition) is 1. The van der Waals surface area contributed by atoms with Crippen molar-refractivity contribution in [2.45, 2.75) is 45.2 Å². The molecule has 0 radical (unpaired) electrons. The van der Waals surface area contributed by atoms with Crippen LogP contribution in [-0.2, 0) is 26.1 Å². The molecule has 0 amide bonds. The Balaban J connectivity index is 0.000000696. The Morgan fingerprint density at radius 2 is 1.33 bits per heavy atom. The minimum atomic E-state index is -5.93. The van der Waals surface area contributed by atoms with Gasteiger partial charge in [-0.15, -0.1) is 0 Å². The molecule has 0 unspecified atom stereocenters. The number of hydrogen-bond acceptors (Lipinski definition) is 6. The number of esters is 1. The molecule has 1 N–H and O–H groups in total. The summed E-state index contributed by atoms with van der Waals surface area (Å²) >= 11 is 0. The van der Waals surface area contributed by atoms with Crippen molar-refractivity contribution < 1.29 is 40.4 Å². The molecule has 0 aliphatic carbocycles. The van der Waals surface area contributed by atoms with E-state index < -0.39 is 39.4 Å². The normalized spacial score (nSPS) is 12.2. The highest BCUT2D eigenvalue weighted by molar-refractivity contribution is 7.88. The van der Waals surface area contributed by atoms with Gasteiger partial charge in [0, 0.05) is 10.9 Å². The van der Waals surface area contributed by atoms with Crippen molar-refractivity contribution in [3.05, 3.63) is 54.1 Å². The van der Waals surface area contributed by atoms with Crippen molar-refractivity contribution in [3.63, 3.8) is 0 Å². The maximum absolute atomic E-state index is 12.9. The lowest BCUT2D eigenvalue weighted by Gasteiger charge is -2.18. The predicted molar refractivity (Wildman–Crippen MR) is 119 cm³/mol. The van der Waals surface area contributed by atoms with Gasteiger partial charge in [-0.25, -0.2) is 0 Å². The Labute approximate surface area is 190 Å². The van der Waals surface area contributed by atoms with Gasteiger partial charge >= 0.3 is 21.6 Å². The molecular formula is C23H25F3O6S. The number of carbonyl (C=O) groups excluding carboxylic acids is 1. The number of aliphatic hydroxyl groups is 1. The molecule has 3 rings (SSSR count). The molecule has 180 valence electrons. The Kier molecular flexibility index (Phi) is 7.97. The minimum absolute atomic E-state index is 0.0144. The molecule has 0 fully saturated rings. The Morgan fingerprint density at radius 1 is 0.909 bits per heavy atom. The van der Waals surface area contributed by atoms with Crippen molar-refractivity contribution in [3.8, 4) is 5.75 Å². The summed E-state index contributed by atoms with van der Waals surface area (Å²) in [4.78, 5) is 12.1. The Bertz CT molecular complexity index is 1240. The van der Waals surface area contributed by atoms with Crippen molar-refractivity contribution in [2.24, 2.45) is 0 Å². The molecule has 0 heterocycles. The highest BCUT2D eigenvalue weighted by Gasteiger charge is 2.49. The van der Waals surface area contributed by atoms with Crippen LogP contribution < -0.4 is 4.18 Å². The van der Waals surface area contributed by atoms with Gasteiger partial charge in [0.2, 0.25) is 0 Å². The van der Waals surface area contributed by atoms with Crippen LogP contribution in [0.5, 0.6) is 5.75 Å². The van der Waals surface area contributed by atoms with E-state index in [0.717, 1.165) is 0 Å². The largest absolute Gasteiger partial charge is 0.534 e. The molecule has 0 spiro atoms. The number of halogens is 3. The Morgan fingerprint density at radius 3 is 1.79 bits per heavy atom. The summed E-state index contributed by atoms with van der Waals surface area (Å²) in [5.41, 5.74) is -6.10. The molecule has 0 bridgehead atoms. The van der Waals surface area contributed by atoms with Crippen molar-refractivity contribution in [1.29, 1.82) is 0 Å². The smallest absolute Gasteiger partial charge is 0.466 e. The SMILES string of the molecule is CC(C)(C)O.CCOC(=O)Cc1c(OS(=O)(=O)C(F)(F)F)c2ccccc2c2ccccc12. The van der Waals surface area contributed by atoms with Gasteiger partial charge in [-0.2, -0.15) is 21.6 Å². The molecule has 0 saturated heterocycles. The van der Waals surface area contributed by atoms with E-state index in [1.165, 1.54) is 12.1 Å². The van der Waals surface area contributed by atoms with Gasteiger partial charge < -0.3 is 14.0 Å². The van der Waals surface area contributed by atoms with E-state index in [2.05, 4.69) is 4.18 Å². The number of ether oxygens (including phenoxy) is 1. The Hall–Kier alpha value is -2.85. The molecule has 10 heteroatoms. The predicted octanol–water partition coefficient (Wildman–Crippen LogP) is 5.10. The lowest BCUT2D eigenvalue weighted by atomic mass is 9.94. The van der Waals surface area contributed by atoms with Gasteiger partial charge in [-0.05, 0) is 43.9 Å². The zero-order valence-corrected chi connectivity index (χ0v) is 19.4. The molecule has 0 aromatic heterocycles. The van der Waals surface area contributed by atoms with Crippen LogP contribution in [0, 0.1) is 0 Å². The topological polar surface area (TPSA) is 89.9 Å². The van der Waals surface area contributed by atoms with Gasteiger partial charge in [-0.3, -0.25) is 4.79 Å². The lowest BCUT2D eigenvalue weighted by molar-refractivity contribution is -0.142. The molecule has 6 nitrogen and oxygen atoms in total.